The van der Waals surface area contributed by atoms with Crippen LogP contribution >= 0.6 is 15.9 Å². The number of aromatic nitrogens is 3. The van der Waals surface area contributed by atoms with Crippen LogP contribution in [0.4, 0.5) is 4.39 Å². The molecule has 1 aliphatic rings. The zero-order valence-electron chi connectivity index (χ0n) is 6.01. The Labute approximate surface area is 76.5 Å². The van der Waals surface area contributed by atoms with Gasteiger partial charge in [0.25, 0.3) is 0 Å². The van der Waals surface area contributed by atoms with Gasteiger partial charge in [0, 0.05) is 10.9 Å². The second kappa shape index (κ2) is 2.82. The minimum Gasteiger partial charge on any atom is -0.207 e. The molecule has 1 heterocycles. The predicted molar refractivity (Wildman–Crippen MR) is 46.2 cm³/mol. The molecule has 5 heteroatoms. The van der Waals surface area contributed by atoms with Gasteiger partial charge >= 0.3 is 0 Å². The summed E-state index contributed by atoms with van der Waals surface area (Å²) in [6.07, 6.45) is 3.33. The summed E-state index contributed by atoms with van der Waals surface area (Å²) in [4.78, 5) is 0. The van der Waals surface area contributed by atoms with E-state index in [0.29, 0.717) is 16.6 Å². The van der Waals surface area contributed by atoms with Crippen molar-refractivity contribution in [2.75, 3.05) is 0 Å². The lowest BCUT2D eigenvalue weighted by molar-refractivity contribution is 0.663. The molecule has 12 heavy (non-hydrogen) atoms. The van der Waals surface area contributed by atoms with Crippen LogP contribution in [0.15, 0.2) is 18.0 Å². The first-order valence-electron chi connectivity index (χ1n) is 3.40. The number of hydrogen-bond acceptors (Lipinski definition) is 2. The van der Waals surface area contributed by atoms with Crippen molar-refractivity contribution in [2.24, 2.45) is 0 Å². The van der Waals surface area contributed by atoms with Gasteiger partial charge in [-0.25, -0.2) is 4.39 Å². The molecule has 0 fully saturated rings. The van der Waals surface area contributed by atoms with E-state index in [-0.39, 0.29) is 5.83 Å². The predicted octanol–water partition coefficient (Wildman–Crippen LogP) is 1.95. The summed E-state index contributed by atoms with van der Waals surface area (Å²) in [5.74, 6) is -0.262. The van der Waals surface area contributed by atoms with Crippen LogP contribution in [0.2, 0.25) is 0 Å². The Hall–Kier alpha value is -0.970. The van der Waals surface area contributed by atoms with Crippen LogP contribution in [0.5, 0.6) is 0 Å². The van der Waals surface area contributed by atoms with Gasteiger partial charge in [-0.2, -0.15) is 15.4 Å². The molecule has 1 aromatic heterocycles. The van der Waals surface area contributed by atoms with Gasteiger partial charge in [0.05, 0.1) is 5.69 Å². The molecule has 0 bridgehead atoms. The number of rotatable bonds is 0. The van der Waals surface area contributed by atoms with Gasteiger partial charge in [-0.05, 0) is 28.1 Å². The summed E-state index contributed by atoms with van der Waals surface area (Å²) in [6, 6.07) is 0. The van der Waals surface area contributed by atoms with E-state index < -0.39 is 0 Å². The maximum absolute atomic E-state index is 12.8. The number of allylic oxidation sites excluding steroid dienone is 3. The Kier molecular flexibility index (Phi) is 1.80. The van der Waals surface area contributed by atoms with Crippen LogP contribution in [0.3, 0.4) is 0 Å². The molecule has 0 aliphatic heterocycles. The standard InChI is InChI=1S/C7H5BrFN3/c8-5-3-4(9)1-2-6-7(5)11-12-10-6/h1,3H,2H2,(H,10,11,12). The zero-order chi connectivity index (χ0) is 8.55. The highest BCUT2D eigenvalue weighted by atomic mass is 79.9. The van der Waals surface area contributed by atoms with E-state index in [1.807, 2.05) is 0 Å². The van der Waals surface area contributed by atoms with E-state index >= 15 is 0 Å². The number of H-pyrrole nitrogens is 1. The lowest BCUT2D eigenvalue weighted by Crippen LogP contribution is -1.85. The number of hydrogen-bond donors (Lipinski definition) is 1. The molecular weight excluding hydrogens is 225 g/mol. The molecule has 3 nitrogen and oxygen atoms in total. The quantitative estimate of drug-likeness (QED) is 0.739. The fourth-order valence-corrected chi connectivity index (χ4v) is 1.57. The first kappa shape index (κ1) is 7.67. The normalized spacial score (nSPS) is 16.2. The van der Waals surface area contributed by atoms with E-state index in [2.05, 4.69) is 31.3 Å². The van der Waals surface area contributed by atoms with E-state index in [1.54, 1.807) is 0 Å². The van der Waals surface area contributed by atoms with Crippen molar-refractivity contribution in [3.05, 3.63) is 29.4 Å². The summed E-state index contributed by atoms with van der Waals surface area (Å²) in [5, 5.41) is 10.3. The zero-order valence-corrected chi connectivity index (χ0v) is 7.60. The van der Waals surface area contributed by atoms with Crippen molar-refractivity contribution < 1.29 is 4.39 Å². The molecule has 2 rings (SSSR count). The van der Waals surface area contributed by atoms with Crippen molar-refractivity contribution in [3.8, 4) is 0 Å². The van der Waals surface area contributed by atoms with Crippen LogP contribution in [-0.4, -0.2) is 15.4 Å². The lowest BCUT2D eigenvalue weighted by Gasteiger charge is -1.90. The number of halogens is 2. The van der Waals surface area contributed by atoms with Gasteiger partial charge in [-0.3, -0.25) is 0 Å². The van der Waals surface area contributed by atoms with Crippen molar-refractivity contribution >= 4 is 20.4 Å². The highest BCUT2D eigenvalue weighted by Crippen LogP contribution is 2.26. The minimum atomic E-state index is -0.262. The van der Waals surface area contributed by atoms with Gasteiger partial charge < -0.3 is 0 Å². The van der Waals surface area contributed by atoms with Crippen molar-refractivity contribution in [1.29, 1.82) is 0 Å². The first-order chi connectivity index (χ1) is 5.77. The molecule has 0 atom stereocenters. The molecule has 62 valence electrons. The Bertz CT molecular complexity index is 366. The molecule has 0 amide bonds. The van der Waals surface area contributed by atoms with E-state index in [9.17, 15) is 4.39 Å². The topological polar surface area (TPSA) is 41.6 Å². The van der Waals surface area contributed by atoms with Gasteiger partial charge in [0.2, 0.25) is 0 Å². The molecule has 0 unspecified atom stereocenters. The second-order valence-corrected chi connectivity index (χ2v) is 3.26. The molecule has 1 aromatic rings. The first-order valence-corrected chi connectivity index (χ1v) is 4.19. The fraction of sp³-hybridized carbons (Fsp3) is 0.143. The van der Waals surface area contributed by atoms with E-state index in [1.165, 1.54) is 12.2 Å². The molecule has 0 saturated heterocycles. The summed E-state index contributed by atoms with van der Waals surface area (Å²) in [5.41, 5.74) is 1.43. The molecule has 1 N–H and O–H groups in total. The molecule has 1 aliphatic carbocycles. The third-order valence-corrected chi connectivity index (χ3v) is 2.21. The average molecular weight is 230 g/mol. The SMILES string of the molecule is FC1=CCc2n[nH]nc2C(Br)=C1. The van der Waals surface area contributed by atoms with Crippen LogP contribution in [0, 0.1) is 0 Å². The second-order valence-electron chi connectivity index (χ2n) is 2.40. The number of aromatic amines is 1. The highest BCUT2D eigenvalue weighted by molar-refractivity contribution is 9.15. The molecule has 0 spiro atoms. The van der Waals surface area contributed by atoms with E-state index in [4.69, 9.17) is 0 Å². The summed E-state index contributed by atoms with van der Waals surface area (Å²) < 4.78 is 13.4. The Morgan fingerprint density at radius 2 is 2.33 bits per heavy atom. The van der Waals surface area contributed by atoms with E-state index in [0.717, 1.165) is 5.69 Å². The highest BCUT2D eigenvalue weighted by Gasteiger charge is 2.13. The summed E-state index contributed by atoms with van der Waals surface area (Å²) >= 11 is 3.21. The number of fused-ring (bicyclic) bond motifs is 1. The Balaban J connectivity index is 2.54. The van der Waals surface area contributed by atoms with Crippen molar-refractivity contribution in [3.63, 3.8) is 0 Å². The Morgan fingerprint density at radius 3 is 3.17 bits per heavy atom. The maximum Gasteiger partial charge on any atom is 0.123 e. The Morgan fingerprint density at radius 1 is 1.50 bits per heavy atom. The number of nitrogens with zero attached hydrogens (tertiary/aromatic N) is 2. The smallest absolute Gasteiger partial charge is 0.123 e. The third-order valence-electron chi connectivity index (χ3n) is 1.60. The third kappa shape index (κ3) is 1.20. The van der Waals surface area contributed by atoms with Crippen LogP contribution in [0.1, 0.15) is 11.4 Å². The van der Waals surface area contributed by atoms with Gasteiger partial charge in [0.1, 0.15) is 11.5 Å². The monoisotopic (exact) mass is 229 g/mol. The number of nitrogens with one attached hydrogen (secondary N) is 1. The average Bonchev–Trinajstić information content (AvgIpc) is 2.43. The largest absolute Gasteiger partial charge is 0.207 e. The fourth-order valence-electron chi connectivity index (χ4n) is 1.03. The molecule has 0 radical (unpaired) electrons. The molecule has 0 saturated carbocycles. The van der Waals surface area contributed by atoms with Crippen LogP contribution in [-0.2, 0) is 6.42 Å². The summed E-state index contributed by atoms with van der Waals surface area (Å²) in [6.45, 7) is 0. The van der Waals surface area contributed by atoms with Crippen molar-refractivity contribution in [1.82, 2.24) is 15.4 Å². The molecule has 0 aromatic carbocycles. The summed E-state index contributed by atoms with van der Waals surface area (Å²) in [7, 11) is 0. The maximum atomic E-state index is 12.8. The van der Waals surface area contributed by atoms with Crippen LogP contribution < -0.4 is 0 Å². The molecular formula is C7H5BrFN3. The van der Waals surface area contributed by atoms with Crippen molar-refractivity contribution in [2.45, 2.75) is 6.42 Å². The van der Waals surface area contributed by atoms with Gasteiger partial charge in [-0.15, -0.1) is 0 Å². The van der Waals surface area contributed by atoms with Gasteiger partial charge in [0.15, 0.2) is 0 Å². The minimum absolute atomic E-state index is 0.262. The lowest BCUT2D eigenvalue weighted by atomic mass is 10.2. The van der Waals surface area contributed by atoms with Crippen LogP contribution in [0.25, 0.3) is 4.48 Å². The van der Waals surface area contributed by atoms with Gasteiger partial charge in [-0.1, -0.05) is 0 Å².